The highest BCUT2D eigenvalue weighted by molar-refractivity contribution is 8.06. The van der Waals surface area contributed by atoms with E-state index in [4.69, 9.17) is 0 Å². The molecule has 0 aromatic rings. The molecule has 0 aliphatic heterocycles. The van der Waals surface area contributed by atoms with Crippen LogP contribution in [0.25, 0.3) is 0 Å². The molecule has 0 saturated carbocycles. The summed E-state index contributed by atoms with van der Waals surface area (Å²) in [5.41, 5.74) is 0. The third-order valence-corrected chi connectivity index (χ3v) is 4.37. The lowest BCUT2D eigenvalue weighted by Crippen LogP contribution is -2.33. The van der Waals surface area contributed by atoms with Crippen molar-refractivity contribution in [2.24, 2.45) is 5.14 Å². The van der Waals surface area contributed by atoms with Gasteiger partial charge in [0, 0.05) is 6.54 Å². The highest BCUT2D eigenvalue weighted by atomic mass is 32.3. The van der Waals surface area contributed by atoms with Crippen molar-refractivity contribution in [3.8, 4) is 0 Å². The first-order chi connectivity index (χ1) is 5.77. The third-order valence-electron chi connectivity index (χ3n) is 1.17. The van der Waals surface area contributed by atoms with Crippen LogP contribution in [0.4, 0.5) is 0 Å². The zero-order valence-electron chi connectivity index (χ0n) is 7.36. The van der Waals surface area contributed by atoms with Gasteiger partial charge in [0.25, 0.3) is 0 Å². The Hall–Kier alpha value is -0.180. The van der Waals surface area contributed by atoms with E-state index >= 15 is 0 Å². The molecule has 6 nitrogen and oxygen atoms in total. The van der Waals surface area contributed by atoms with E-state index in [1.807, 2.05) is 6.92 Å². The molecular weight excluding hydrogens is 216 g/mol. The first-order valence-electron chi connectivity index (χ1n) is 3.74. The molecule has 0 bridgehead atoms. The van der Waals surface area contributed by atoms with Gasteiger partial charge >= 0.3 is 0 Å². The highest BCUT2D eigenvalue weighted by Gasteiger charge is 2.17. The Bertz CT molecular complexity index is 332. The summed E-state index contributed by atoms with van der Waals surface area (Å²) in [4.78, 5) is 0. The lowest BCUT2D eigenvalue weighted by atomic mass is 10.3. The first kappa shape index (κ1) is 12.8. The maximum atomic E-state index is 11.0. The van der Waals surface area contributed by atoms with Crippen LogP contribution in [0, 0.1) is 0 Å². The van der Waals surface area contributed by atoms with Gasteiger partial charge in [0.1, 0.15) is 0 Å². The van der Waals surface area contributed by atoms with Crippen molar-refractivity contribution in [3.63, 3.8) is 0 Å². The molecule has 0 heterocycles. The Labute approximate surface area is 78.6 Å². The summed E-state index contributed by atoms with van der Waals surface area (Å²) in [7, 11) is -7.74. The fourth-order valence-corrected chi connectivity index (χ4v) is 3.18. The lowest BCUT2D eigenvalue weighted by molar-refractivity contribution is 0.577. The molecule has 3 N–H and O–H groups in total. The largest absolute Gasteiger partial charge is 0.228 e. The zero-order chi connectivity index (χ0) is 10.5. The van der Waals surface area contributed by atoms with Gasteiger partial charge in [-0.1, -0.05) is 13.3 Å². The number of unbranched alkanes of at least 4 members (excludes halogenated alkanes) is 1. The molecule has 0 aliphatic rings. The van der Waals surface area contributed by atoms with Crippen LogP contribution in [-0.2, 0) is 20.0 Å². The van der Waals surface area contributed by atoms with E-state index < -0.39 is 25.1 Å². The van der Waals surface area contributed by atoms with Gasteiger partial charge in [0.15, 0.2) is 5.08 Å². The van der Waals surface area contributed by atoms with Crippen LogP contribution >= 0.6 is 0 Å². The van der Waals surface area contributed by atoms with Crippen LogP contribution in [-0.4, -0.2) is 28.5 Å². The van der Waals surface area contributed by atoms with Crippen molar-refractivity contribution >= 4 is 20.0 Å². The van der Waals surface area contributed by atoms with Crippen molar-refractivity contribution < 1.29 is 16.8 Å². The molecular formula is C5H14N2O4S2. The lowest BCUT2D eigenvalue weighted by Gasteiger charge is -2.03. The fraction of sp³-hybridized carbons (Fsp3) is 1.00. The molecule has 0 spiro atoms. The van der Waals surface area contributed by atoms with Crippen LogP contribution in [0.2, 0.25) is 0 Å². The van der Waals surface area contributed by atoms with Crippen LogP contribution in [0.1, 0.15) is 19.8 Å². The number of hydrogen-bond donors (Lipinski definition) is 2. The summed E-state index contributed by atoms with van der Waals surface area (Å²) < 4.78 is 44.9. The van der Waals surface area contributed by atoms with Crippen LogP contribution in [0.15, 0.2) is 0 Å². The number of nitrogens with one attached hydrogen (secondary N) is 1. The van der Waals surface area contributed by atoms with Gasteiger partial charge in [-0.05, 0) is 6.42 Å². The molecule has 0 aliphatic carbocycles. The monoisotopic (exact) mass is 230 g/mol. The number of primary sulfonamides is 1. The van der Waals surface area contributed by atoms with E-state index in [1.165, 1.54) is 0 Å². The van der Waals surface area contributed by atoms with Gasteiger partial charge in [-0.2, -0.15) is 0 Å². The molecule has 0 unspecified atom stereocenters. The topological polar surface area (TPSA) is 106 Å². The molecule has 0 radical (unpaired) electrons. The number of hydrogen-bond acceptors (Lipinski definition) is 4. The number of sulfonamides is 2. The molecule has 0 rings (SSSR count). The summed E-state index contributed by atoms with van der Waals surface area (Å²) in [6.45, 7) is 2.14. The van der Waals surface area contributed by atoms with Crippen LogP contribution < -0.4 is 9.86 Å². The second-order valence-electron chi connectivity index (χ2n) is 2.64. The van der Waals surface area contributed by atoms with Gasteiger partial charge in [0.05, 0.1) is 0 Å². The minimum Gasteiger partial charge on any atom is -0.228 e. The maximum absolute atomic E-state index is 11.0. The van der Waals surface area contributed by atoms with Crippen molar-refractivity contribution in [3.05, 3.63) is 0 Å². The second kappa shape index (κ2) is 4.89. The number of nitrogens with two attached hydrogens (primary N) is 1. The summed E-state index contributed by atoms with van der Waals surface area (Å²) in [5, 5.41) is 3.53. The van der Waals surface area contributed by atoms with Crippen LogP contribution in [0.3, 0.4) is 0 Å². The minimum absolute atomic E-state index is 0.244. The van der Waals surface area contributed by atoms with Crippen molar-refractivity contribution in [1.82, 2.24) is 4.72 Å². The normalized spacial score (nSPS) is 13.1. The molecule has 0 aromatic carbocycles. The highest BCUT2D eigenvalue weighted by Crippen LogP contribution is 1.91. The molecule has 13 heavy (non-hydrogen) atoms. The van der Waals surface area contributed by atoms with Gasteiger partial charge < -0.3 is 0 Å². The predicted octanol–water partition coefficient (Wildman–Crippen LogP) is -1.05. The van der Waals surface area contributed by atoms with Gasteiger partial charge in [0.2, 0.25) is 20.0 Å². The quantitative estimate of drug-likeness (QED) is 0.568. The van der Waals surface area contributed by atoms with E-state index in [1.54, 1.807) is 0 Å². The standard InChI is InChI=1S/C5H14N2O4S2/c1-2-3-4-7-13(10,11)5-12(6,8)9/h7H,2-5H2,1H3,(H2,6,8,9). The summed E-state index contributed by atoms with van der Waals surface area (Å²) in [6.07, 6.45) is 1.50. The van der Waals surface area contributed by atoms with E-state index in [-0.39, 0.29) is 6.54 Å². The van der Waals surface area contributed by atoms with Crippen molar-refractivity contribution in [2.45, 2.75) is 19.8 Å². The van der Waals surface area contributed by atoms with Crippen molar-refractivity contribution in [2.75, 3.05) is 11.6 Å². The molecule has 80 valence electrons. The van der Waals surface area contributed by atoms with E-state index in [0.717, 1.165) is 6.42 Å². The van der Waals surface area contributed by atoms with Crippen LogP contribution in [0.5, 0.6) is 0 Å². The average Bonchev–Trinajstić information content (AvgIpc) is 1.81. The predicted molar refractivity (Wildman–Crippen MR) is 49.8 cm³/mol. The Kier molecular flexibility index (Phi) is 4.82. The molecule has 0 saturated heterocycles. The fourth-order valence-electron chi connectivity index (χ4n) is 0.662. The first-order valence-corrected chi connectivity index (χ1v) is 7.11. The summed E-state index contributed by atoms with van der Waals surface area (Å²) >= 11 is 0. The smallest absolute Gasteiger partial charge is 0.227 e. The van der Waals surface area contributed by atoms with Gasteiger partial charge in [-0.15, -0.1) is 0 Å². The minimum atomic E-state index is -3.97. The average molecular weight is 230 g/mol. The SMILES string of the molecule is CCCCNS(=O)(=O)CS(N)(=O)=O. The Balaban J connectivity index is 4.12. The molecule has 0 fully saturated rings. The Morgan fingerprint density at radius 2 is 1.77 bits per heavy atom. The molecule has 0 amide bonds. The summed E-state index contributed by atoms with van der Waals surface area (Å²) in [5.74, 6) is 0. The molecule has 0 aromatic heterocycles. The van der Waals surface area contributed by atoms with E-state index in [9.17, 15) is 16.8 Å². The van der Waals surface area contributed by atoms with Gasteiger partial charge in [-0.25, -0.2) is 26.7 Å². The maximum Gasteiger partial charge on any atom is 0.227 e. The Morgan fingerprint density at radius 1 is 1.23 bits per heavy atom. The van der Waals surface area contributed by atoms with E-state index in [0.29, 0.717) is 6.42 Å². The molecule has 8 heteroatoms. The van der Waals surface area contributed by atoms with Crippen molar-refractivity contribution in [1.29, 1.82) is 0 Å². The molecule has 0 atom stereocenters. The van der Waals surface area contributed by atoms with E-state index in [2.05, 4.69) is 9.86 Å². The number of rotatable bonds is 6. The summed E-state index contributed by atoms with van der Waals surface area (Å²) in [6, 6.07) is 0. The Morgan fingerprint density at radius 3 is 2.15 bits per heavy atom. The van der Waals surface area contributed by atoms with Gasteiger partial charge in [-0.3, -0.25) is 0 Å². The second-order valence-corrected chi connectivity index (χ2v) is 6.43. The third kappa shape index (κ3) is 8.16. The zero-order valence-corrected chi connectivity index (χ0v) is 8.99.